The first-order valence-electron chi connectivity index (χ1n) is 9.44. The predicted molar refractivity (Wildman–Crippen MR) is 107 cm³/mol. The summed E-state index contributed by atoms with van der Waals surface area (Å²) in [6.45, 7) is 1.09. The van der Waals surface area contributed by atoms with Crippen LogP contribution in [0.1, 0.15) is 33.9 Å². The number of ether oxygens (including phenoxy) is 2. The Bertz CT molecular complexity index is 929. The highest BCUT2D eigenvalue weighted by Gasteiger charge is 2.19. The zero-order valence-corrected chi connectivity index (χ0v) is 15.5. The van der Waals surface area contributed by atoms with Gasteiger partial charge in [0.05, 0.1) is 6.04 Å². The van der Waals surface area contributed by atoms with E-state index >= 15 is 0 Å². The van der Waals surface area contributed by atoms with Crippen molar-refractivity contribution in [1.82, 2.24) is 10.3 Å². The third-order valence-corrected chi connectivity index (χ3v) is 4.78. The Labute approximate surface area is 164 Å². The molecule has 1 unspecified atom stereocenters. The molecule has 3 aromatic rings. The highest BCUT2D eigenvalue weighted by Crippen LogP contribution is 2.33. The molecule has 4 rings (SSSR count). The molecule has 0 aliphatic carbocycles. The number of fused-ring (bicyclic) bond motifs is 1. The third-order valence-electron chi connectivity index (χ3n) is 4.78. The van der Waals surface area contributed by atoms with E-state index in [-0.39, 0.29) is 11.9 Å². The number of benzene rings is 2. The lowest BCUT2D eigenvalue weighted by atomic mass is 9.98. The molecule has 1 atom stereocenters. The number of hydrogen-bond acceptors (Lipinski definition) is 4. The van der Waals surface area contributed by atoms with E-state index in [2.05, 4.69) is 22.4 Å². The molecule has 2 aromatic carbocycles. The average molecular weight is 374 g/mol. The molecule has 142 valence electrons. The lowest BCUT2D eigenvalue weighted by Gasteiger charge is -2.23. The van der Waals surface area contributed by atoms with Gasteiger partial charge >= 0.3 is 0 Å². The zero-order chi connectivity index (χ0) is 19.2. The van der Waals surface area contributed by atoms with E-state index in [9.17, 15) is 4.79 Å². The number of carbonyl (C=O) groups is 1. The summed E-state index contributed by atoms with van der Waals surface area (Å²) in [5.41, 5.74) is 2.84. The van der Waals surface area contributed by atoms with E-state index in [1.807, 2.05) is 36.4 Å². The van der Waals surface area contributed by atoms with E-state index in [4.69, 9.17) is 9.47 Å². The molecular formula is C23H22N2O3. The number of nitrogens with zero attached hydrogens (tertiary/aromatic N) is 1. The Hall–Kier alpha value is -3.34. The molecule has 0 saturated carbocycles. The molecule has 1 aromatic heterocycles. The van der Waals surface area contributed by atoms with Gasteiger partial charge in [0.15, 0.2) is 11.5 Å². The van der Waals surface area contributed by atoms with Crippen LogP contribution in [0.4, 0.5) is 0 Å². The molecular weight excluding hydrogens is 352 g/mol. The van der Waals surface area contributed by atoms with Crippen molar-refractivity contribution >= 4 is 5.91 Å². The molecule has 1 amide bonds. The maximum atomic E-state index is 12.7. The number of aromatic nitrogens is 1. The lowest BCUT2D eigenvalue weighted by molar-refractivity contribution is 0.0934. The van der Waals surface area contributed by atoms with Gasteiger partial charge in [0.25, 0.3) is 5.91 Å². The van der Waals surface area contributed by atoms with Crippen LogP contribution in [0.2, 0.25) is 0 Å². The summed E-state index contributed by atoms with van der Waals surface area (Å²) in [7, 11) is 0. The van der Waals surface area contributed by atoms with Gasteiger partial charge in [-0.2, -0.15) is 0 Å². The van der Waals surface area contributed by atoms with Gasteiger partial charge in [-0.25, -0.2) is 0 Å². The van der Waals surface area contributed by atoms with Crippen molar-refractivity contribution in [1.29, 1.82) is 0 Å². The maximum absolute atomic E-state index is 12.7. The molecule has 5 heteroatoms. The van der Waals surface area contributed by atoms with Crippen LogP contribution < -0.4 is 14.8 Å². The third kappa shape index (κ3) is 4.31. The van der Waals surface area contributed by atoms with Crippen molar-refractivity contribution in [2.24, 2.45) is 0 Å². The summed E-state index contributed by atoms with van der Waals surface area (Å²) in [4.78, 5) is 16.7. The van der Waals surface area contributed by atoms with Crippen molar-refractivity contribution in [2.75, 3.05) is 13.2 Å². The molecule has 0 bridgehead atoms. The van der Waals surface area contributed by atoms with Gasteiger partial charge in [-0.05, 0) is 48.2 Å². The minimum atomic E-state index is -0.142. The van der Waals surface area contributed by atoms with E-state index in [1.165, 1.54) is 5.56 Å². The number of nitrogens with one attached hydrogen (secondary N) is 1. The van der Waals surface area contributed by atoms with E-state index in [1.54, 1.807) is 24.5 Å². The Balaban J connectivity index is 1.56. The number of pyridine rings is 1. The molecule has 1 N–H and O–H groups in total. The van der Waals surface area contributed by atoms with Crippen LogP contribution in [-0.4, -0.2) is 24.1 Å². The number of aryl methyl sites for hydroxylation is 1. The Morgan fingerprint density at radius 3 is 2.50 bits per heavy atom. The van der Waals surface area contributed by atoms with Gasteiger partial charge in [-0.15, -0.1) is 0 Å². The summed E-state index contributed by atoms with van der Waals surface area (Å²) in [6, 6.07) is 19.4. The highest BCUT2D eigenvalue weighted by molar-refractivity contribution is 5.94. The summed E-state index contributed by atoms with van der Waals surface area (Å²) < 4.78 is 11.3. The lowest BCUT2D eigenvalue weighted by Crippen LogP contribution is -2.29. The average Bonchev–Trinajstić information content (AvgIpc) is 2.77. The minimum absolute atomic E-state index is 0.115. The fourth-order valence-corrected chi connectivity index (χ4v) is 3.30. The maximum Gasteiger partial charge on any atom is 0.251 e. The second-order valence-corrected chi connectivity index (χ2v) is 6.69. The summed E-state index contributed by atoms with van der Waals surface area (Å²) in [5.74, 6) is 1.36. The number of amides is 1. The van der Waals surface area contributed by atoms with E-state index in [0.717, 1.165) is 29.9 Å². The Morgan fingerprint density at radius 1 is 0.964 bits per heavy atom. The SMILES string of the molecule is O=C(NC(CCc1ccccc1)c1ccc2c(c1)OCCO2)c1ccncc1. The quantitative estimate of drug-likeness (QED) is 0.710. The van der Waals surface area contributed by atoms with E-state index in [0.29, 0.717) is 18.8 Å². The number of carbonyl (C=O) groups excluding carboxylic acids is 1. The van der Waals surface area contributed by atoms with Gasteiger partial charge in [0.1, 0.15) is 13.2 Å². The van der Waals surface area contributed by atoms with Crippen molar-refractivity contribution in [3.8, 4) is 11.5 Å². The van der Waals surface area contributed by atoms with Gasteiger partial charge < -0.3 is 14.8 Å². The number of rotatable bonds is 6. The topological polar surface area (TPSA) is 60.5 Å². The fraction of sp³-hybridized carbons (Fsp3) is 0.217. The van der Waals surface area contributed by atoms with Crippen LogP contribution >= 0.6 is 0 Å². The zero-order valence-electron chi connectivity index (χ0n) is 15.5. The Kier molecular flexibility index (Phi) is 5.52. The fourth-order valence-electron chi connectivity index (χ4n) is 3.30. The van der Waals surface area contributed by atoms with Crippen LogP contribution in [0.5, 0.6) is 11.5 Å². The summed E-state index contributed by atoms with van der Waals surface area (Å²) in [5, 5.41) is 3.16. The van der Waals surface area contributed by atoms with Gasteiger partial charge in [0.2, 0.25) is 0 Å². The molecule has 1 aliphatic rings. The first-order valence-corrected chi connectivity index (χ1v) is 9.44. The minimum Gasteiger partial charge on any atom is -0.486 e. The first-order chi connectivity index (χ1) is 13.8. The van der Waals surface area contributed by atoms with Crippen molar-refractivity contribution in [2.45, 2.75) is 18.9 Å². The molecule has 1 aliphatic heterocycles. The highest BCUT2D eigenvalue weighted by atomic mass is 16.6. The standard InChI is InChI=1S/C23H22N2O3/c26-23(18-10-12-24-13-11-18)25-20(8-6-17-4-2-1-3-5-17)19-7-9-21-22(16-19)28-15-14-27-21/h1-5,7,9-13,16,20H,6,8,14-15H2,(H,25,26). The normalized spacial score (nSPS) is 13.6. The van der Waals surface area contributed by atoms with E-state index < -0.39 is 0 Å². The monoisotopic (exact) mass is 374 g/mol. The van der Waals surface area contributed by atoms with Crippen LogP contribution in [0.3, 0.4) is 0 Å². The van der Waals surface area contributed by atoms with Crippen molar-refractivity contribution < 1.29 is 14.3 Å². The Morgan fingerprint density at radius 2 is 1.71 bits per heavy atom. The smallest absolute Gasteiger partial charge is 0.251 e. The van der Waals surface area contributed by atoms with Crippen molar-refractivity contribution in [3.63, 3.8) is 0 Å². The largest absolute Gasteiger partial charge is 0.486 e. The molecule has 5 nitrogen and oxygen atoms in total. The molecule has 0 spiro atoms. The molecule has 28 heavy (non-hydrogen) atoms. The van der Waals surface area contributed by atoms with Crippen LogP contribution in [0.25, 0.3) is 0 Å². The van der Waals surface area contributed by atoms with Crippen LogP contribution in [0, 0.1) is 0 Å². The molecule has 0 saturated heterocycles. The second-order valence-electron chi connectivity index (χ2n) is 6.69. The molecule has 2 heterocycles. The van der Waals surface area contributed by atoms with Gasteiger partial charge in [-0.1, -0.05) is 36.4 Å². The van der Waals surface area contributed by atoms with Crippen molar-refractivity contribution in [3.05, 3.63) is 89.7 Å². The predicted octanol–water partition coefficient (Wildman–Crippen LogP) is 3.96. The summed E-state index contributed by atoms with van der Waals surface area (Å²) in [6.07, 6.45) is 4.88. The second kappa shape index (κ2) is 8.57. The van der Waals surface area contributed by atoms with Gasteiger partial charge in [0, 0.05) is 18.0 Å². The molecule has 0 fully saturated rings. The van der Waals surface area contributed by atoms with Crippen LogP contribution in [0.15, 0.2) is 73.1 Å². The number of hydrogen-bond donors (Lipinski definition) is 1. The van der Waals surface area contributed by atoms with Crippen LogP contribution in [-0.2, 0) is 6.42 Å². The van der Waals surface area contributed by atoms with Gasteiger partial charge in [-0.3, -0.25) is 9.78 Å². The summed E-state index contributed by atoms with van der Waals surface area (Å²) >= 11 is 0. The first kappa shape index (κ1) is 18.0. The molecule has 0 radical (unpaired) electrons.